The topological polar surface area (TPSA) is 67.1 Å². The van der Waals surface area contributed by atoms with Crippen LogP contribution in [0.3, 0.4) is 0 Å². The minimum atomic E-state index is -0.278. The number of carbonyl (C=O) groups excluding carboxylic acids is 1. The Kier molecular flexibility index (Phi) is 4.15. The van der Waals surface area contributed by atoms with Gasteiger partial charge >= 0.3 is 6.03 Å². The molecule has 1 atom stereocenters. The molecule has 2 amide bonds. The van der Waals surface area contributed by atoms with Gasteiger partial charge in [-0.05, 0) is 30.7 Å². The number of urea groups is 1. The van der Waals surface area contributed by atoms with E-state index in [0.717, 1.165) is 16.9 Å². The van der Waals surface area contributed by atoms with Crippen LogP contribution < -0.4 is 16.4 Å². The normalized spacial score (nSPS) is 11.7. The number of rotatable bonds is 3. The molecule has 0 aromatic heterocycles. The maximum absolute atomic E-state index is 11.9. The fourth-order valence-corrected chi connectivity index (χ4v) is 1.81. The highest BCUT2D eigenvalue weighted by Crippen LogP contribution is 2.20. The summed E-state index contributed by atoms with van der Waals surface area (Å²) < 4.78 is 0. The monoisotopic (exact) mass is 255 g/mol. The van der Waals surface area contributed by atoms with Crippen molar-refractivity contribution in [3.63, 3.8) is 0 Å². The van der Waals surface area contributed by atoms with Crippen LogP contribution in [-0.2, 0) is 0 Å². The van der Waals surface area contributed by atoms with E-state index in [4.69, 9.17) is 5.73 Å². The predicted molar refractivity (Wildman–Crippen MR) is 78.1 cm³/mol. The summed E-state index contributed by atoms with van der Waals surface area (Å²) in [4.78, 5) is 11.9. The van der Waals surface area contributed by atoms with Crippen molar-refractivity contribution < 1.29 is 4.79 Å². The van der Waals surface area contributed by atoms with Crippen molar-refractivity contribution in [2.75, 3.05) is 10.6 Å². The SMILES string of the molecule is CC(N)c1ccccc1NC(=O)Nc1ccccc1. The van der Waals surface area contributed by atoms with E-state index in [9.17, 15) is 4.79 Å². The molecule has 4 heteroatoms. The number of anilines is 2. The average molecular weight is 255 g/mol. The summed E-state index contributed by atoms with van der Waals surface area (Å²) >= 11 is 0. The Hall–Kier alpha value is -2.33. The van der Waals surface area contributed by atoms with Crippen LogP contribution in [0, 0.1) is 0 Å². The van der Waals surface area contributed by atoms with Crippen molar-refractivity contribution in [1.29, 1.82) is 0 Å². The number of nitrogens with one attached hydrogen (secondary N) is 2. The average Bonchev–Trinajstić information content (AvgIpc) is 2.40. The van der Waals surface area contributed by atoms with Gasteiger partial charge in [-0.25, -0.2) is 4.79 Å². The Balaban J connectivity index is 2.07. The standard InChI is InChI=1S/C15H17N3O/c1-11(16)13-9-5-6-10-14(13)18-15(19)17-12-7-3-2-4-8-12/h2-11H,16H2,1H3,(H2,17,18,19). The molecule has 0 fully saturated rings. The zero-order valence-electron chi connectivity index (χ0n) is 10.8. The van der Waals surface area contributed by atoms with E-state index < -0.39 is 0 Å². The van der Waals surface area contributed by atoms with Gasteiger partial charge < -0.3 is 16.4 Å². The van der Waals surface area contributed by atoms with E-state index in [1.54, 1.807) is 0 Å². The summed E-state index contributed by atoms with van der Waals surface area (Å²) in [7, 11) is 0. The molecule has 0 saturated heterocycles. The Morgan fingerprint density at radius 1 is 1.00 bits per heavy atom. The van der Waals surface area contributed by atoms with Crippen LogP contribution in [0.15, 0.2) is 54.6 Å². The number of hydrogen-bond donors (Lipinski definition) is 3. The fraction of sp³-hybridized carbons (Fsp3) is 0.133. The first kappa shape index (κ1) is 13.1. The number of para-hydroxylation sites is 2. The minimum absolute atomic E-state index is 0.131. The number of benzene rings is 2. The zero-order valence-corrected chi connectivity index (χ0v) is 10.8. The smallest absolute Gasteiger partial charge is 0.323 e. The summed E-state index contributed by atoms with van der Waals surface area (Å²) in [5.41, 5.74) is 8.26. The Labute approximate surface area is 112 Å². The van der Waals surface area contributed by atoms with Gasteiger partial charge in [0, 0.05) is 17.4 Å². The van der Waals surface area contributed by atoms with Gasteiger partial charge in [0.05, 0.1) is 0 Å². The van der Waals surface area contributed by atoms with Crippen LogP contribution in [0.1, 0.15) is 18.5 Å². The summed E-state index contributed by atoms with van der Waals surface area (Å²) in [6.07, 6.45) is 0. The highest BCUT2D eigenvalue weighted by atomic mass is 16.2. The van der Waals surface area contributed by atoms with Crippen molar-refractivity contribution >= 4 is 17.4 Å². The van der Waals surface area contributed by atoms with Gasteiger partial charge in [-0.3, -0.25) is 0 Å². The molecule has 0 bridgehead atoms. The maximum atomic E-state index is 11.9. The molecule has 0 saturated carbocycles. The molecule has 98 valence electrons. The van der Waals surface area contributed by atoms with Crippen LogP contribution in [0.25, 0.3) is 0 Å². The van der Waals surface area contributed by atoms with Gasteiger partial charge in [-0.1, -0.05) is 36.4 Å². The van der Waals surface area contributed by atoms with Gasteiger partial charge in [0.1, 0.15) is 0 Å². The van der Waals surface area contributed by atoms with E-state index in [2.05, 4.69) is 10.6 Å². The molecule has 1 unspecified atom stereocenters. The molecular weight excluding hydrogens is 238 g/mol. The molecule has 0 aliphatic heterocycles. The number of hydrogen-bond acceptors (Lipinski definition) is 2. The third kappa shape index (κ3) is 3.56. The van der Waals surface area contributed by atoms with Crippen LogP contribution in [0.5, 0.6) is 0 Å². The van der Waals surface area contributed by atoms with Crippen molar-refractivity contribution in [3.8, 4) is 0 Å². The minimum Gasteiger partial charge on any atom is -0.324 e. The molecular formula is C15H17N3O. The van der Waals surface area contributed by atoms with E-state index in [0.29, 0.717) is 0 Å². The van der Waals surface area contributed by atoms with Crippen LogP contribution in [-0.4, -0.2) is 6.03 Å². The van der Waals surface area contributed by atoms with E-state index >= 15 is 0 Å². The van der Waals surface area contributed by atoms with Crippen molar-refractivity contribution in [2.24, 2.45) is 5.73 Å². The Morgan fingerprint density at radius 3 is 2.32 bits per heavy atom. The van der Waals surface area contributed by atoms with Crippen LogP contribution >= 0.6 is 0 Å². The molecule has 0 aliphatic carbocycles. The molecule has 2 aromatic rings. The van der Waals surface area contributed by atoms with E-state index in [-0.39, 0.29) is 12.1 Å². The first-order chi connectivity index (χ1) is 9.16. The highest BCUT2D eigenvalue weighted by molar-refractivity contribution is 6.00. The molecule has 0 radical (unpaired) electrons. The second-order valence-corrected chi connectivity index (χ2v) is 4.32. The lowest BCUT2D eigenvalue weighted by Gasteiger charge is -2.14. The van der Waals surface area contributed by atoms with Gasteiger partial charge in [-0.15, -0.1) is 0 Å². The van der Waals surface area contributed by atoms with Crippen molar-refractivity contribution in [3.05, 3.63) is 60.2 Å². The summed E-state index contributed by atoms with van der Waals surface area (Å²) in [5, 5.41) is 5.58. The lowest BCUT2D eigenvalue weighted by molar-refractivity contribution is 0.262. The van der Waals surface area contributed by atoms with Gasteiger partial charge in [0.25, 0.3) is 0 Å². The summed E-state index contributed by atoms with van der Waals surface area (Å²) in [6, 6.07) is 16.4. The third-order valence-corrected chi connectivity index (χ3v) is 2.73. The molecule has 0 spiro atoms. The molecule has 4 N–H and O–H groups in total. The Morgan fingerprint density at radius 2 is 1.63 bits per heavy atom. The second kappa shape index (κ2) is 6.02. The van der Waals surface area contributed by atoms with E-state index in [1.165, 1.54) is 0 Å². The number of carbonyl (C=O) groups is 1. The highest BCUT2D eigenvalue weighted by Gasteiger charge is 2.09. The molecule has 0 heterocycles. The first-order valence-corrected chi connectivity index (χ1v) is 6.14. The summed E-state index contributed by atoms with van der Waals surface area (Å²) in [6.45, 7) is 1.88. The number of nitrogens with two attached hydrogens (primary N) is 1. The molecule has 2 rings (SSSR count). The van der Waals surface area contributed by atoms with Crippen LogP contribution in [0.4, 0.5) is 16.2 Å². The third-order valence-electron chi connectivity index (χ3n) is 2.73. The first-order valence-electron chi connectivity index (χ1n) is 6.14. The maximum Gasteiger partial charge on any atom is 0.323 e. The van der Waals surface area contributed by atoms with Crippen LogP contribution in [0.2, 0.25) is 0 Å². The summed E-state index contributed by atoms with van der Waals surface area (Å²) in [5.74, 6) is 0. The molecule has 0 aliphatic rings. The Bertz CT molecular complexity index is 552. The fourth-order valence-electron chi connectivity index (χ4n) is 1.81. The number of amides is 2. The lowest BCUT2D eigenvalue weighted by atomic mass is 10.1. The van der Waals surface area contributed by atoms with Gasteiger partial charge in [-0.2, -0.15) is 0 Å². The zero-order chi connectivity index (χ0) is 13.7. The molecule has 2 aromatic carbocycles. The van der Waals surface area contributed by atoms with Gasteiger partial charge in [0.2, 0.25) is 0 Å². The quantitative estimate of drug-likeness (QED) is 0.787. The largest absolute Gasteiger partial charge is 0.324 e. The van der Waals surface area contributed by atoms with E-state index in [1.807, 2.05) is 61.5 Å². The van der Waals surface area contributed by atoms with Crippen molar-refractivity contribution in [1.82, 2.24) is 0 Å². The second-order valence-electron chi connectivity index (χ2n) is 4.32. The molecule has 4 nitrogen and oxygen atoms in total. The van der Waals surface area contributed by atoms with Gasteiger partial charge in [0.15, 0.2) is 0 Å². The lowest BCUT2D eigenvalue weighted by Crippen LogP contribution is -2.21. The van der Waals surface area contributed by atoms with Crippen molar-refractivity contribution in [2.45, 2.75) is 13.0 Å². The molecule has 19 heavy (non-hydrogen) atoms. The predicted octanol–water partition coefficient (Wildman–Crippen LogP) is 3.35.